The molecule has 1 aliphatic rings. The van der Waals surface area contributed by atoms with Crippen LogP contribution in [0.25, 0.3) is 0 Å². The summed E-state index contributed by atoms with van der Waals surface area (Å²) >= 11 is 1.67. The Morgan fingerprint density at radius 2 is 2.24 bits per heavy atom. The number of hydrogen-bond donors (Lipinski definition) is 0. The molecule has 3 heterocycles. The molecular formula is C14H13N3O2S2. The average molecular weight is 319 g/mol. The molecule has 3 rings (SSSR count). The van der Waals surface area contributed by atoms with Crippen molar-refractivity contribution in [3.8, 4) is 6.07 Å². The summed E-state index contributed by atoms with van der Waals surface area (Å²) in [4.78, 5) is 5.24. The van der Waals surface area contributed by atoms with E-state index in [1.54, 1.807) is 11.3 Å². The summed E-state index contributed by atoms with van der Waals surface area (Å²) in [5.74, 6) is 0. The number of sulfonamides is 1. The Labute approximate surface area is 127 Å². The van der Waals surface area contributed by atoms with Crippen molar-refractivity contribution in [3.05, 3.63) is 45.9 Å². The van der Waals surface area contributed by atoms with Gasteiger partial charge in [0, 0.05) is 23.7 Å². The van der Waals surface area contributed by atoms with Crippen LogP contribution in [0.1, 0.15) is 29.1 Å². The number of pyridine rings is 1. The van der Waals surface area contributed by atoms with Gasteiger partial charge in [-0.1, -0.05) is 0 Å². The Hall–Kier alpha value is -1.75. The van der Waals surface area contributed by atoms with E-state index in [9.17, 15) is 8.42 Å². The molecule has 0 fully saturated rings. The van der Waals surface area contributed by atoms with Crippen molar-refractivity contribution < 1.29 is 8.42 Å². The van der Waals surface area contributed by atoms with Crippen molar-refractivity contribution in [1.29, 1.82) is 5.26 Å². The van der Waals surface area contributed by atoms with Crippen LogP contribution in [0.5, 0.6) is 0 Å². The molecule has 0 bridgehead atoms. The van der Waals surface area contributed by atoms with Gasteiger partial charge in [-0.3, -0.25) is 0 Å². The fraction of sp³-hybridized carbons (Fsp3) is 0.286. The highest BCUT2D eigenvalue weighted by Crippen LogP contribution is 2.36. The van der Waals surface area contributed by atoms with Gasteiger partial charge in [0.1, 0.15) is 16.7 Å². The van der Waals surface area contributed by atoms with Crippen molar-refractivity contribution in [2.45, 2.75) is 24.3 Å². The molecule has 0 radical (unpaired) electrons. The van der Waals surface area contributed by atoms with Crippen molar-refractivity contribution in [2.75, 3.05) is 6.54 Å². The molecule has 21 heavy (non-hydrogen) atoms. The predicted octanol–water partition coefficient (Wildman–Crippen LogP) is 2.32. The lowest BCUT2D eigenvalue weighted by atomic mass is 10.0. The number of thiophene rings is 1. The van der Waals surface area contributed by atoms with Crippen molar-refractivity contribution >= 4 is 21.4 Å². The fourth-order valence-corrected chi connectivity index (χ4v) is 5.07. The molecule has 2 aromatic rings. The molecule has 1 aliphatic heterocycles. The number of nitrogens with zero attached hydrogens (tertiary/aromatic N) is 3. The highest BCUT2D eigenvalue weighted by molar-refractivity contribution is 7.89. The summed E-state index contributed by atoms with van der Waals surface area (Å²) in [7, 11) is -3.59. The minimum absolute atomic E-state index is 0.132. The summed E-state index contributed by atoms with van der Waals surface area (Å²) in [6, 6.07) is 6.56. The van der Waals surface area contributed by atoms with E-state index in [0.717, 1.165) is 12.0 Å². The lowest BCUT2D eigenvalue weighted by Crippen LogP contribution is -2.38. The van der Waals surface area contributed by atoms with Crippen LogP contribution in [0.2, 0.25) is 0 Å². The Bertz CT molecular complexity index is 803. The maximum atomic E-state index is 12.7. The summed E-state index contributed by atoms with van der Waals surface area (Å²) in [6.07, 6.45) is 1.99. The van der Waals surface area contributed by atoms with Crippen molar-refractivity contribution in [2.24, 2.45) is 0 Å². The first-order chi connectivity index (χ1) is 10.0. The molecule has 0 saturated heterocycles. The van der Waals surface area contributed by atoms with E-state index in [4.69, 9.17) is 5.26 Å². The third-order valence-corrected chi connectivity index (χ3v) is 6.63. The highest BCUT2D eigenvalue weighted by Gasteiger charge is 2.34. The number of hydrogen-bond acceptors (Lipinski definition) is 5. The van der Waals surface area contributed by atoms with Crippen molar-refractivity contribution in [1.82, 2.24) is 9.29 Å². The van der Waals surface area contributed by atoms with Crippen LogP contribution in [0.3, 0.4) is 0 Å². The van der Waals surface area contributed by atoms with Gasteiger partial charge in [-0.15, -0.1) is 11.3 Å². The molecule has 0 aliphatic carbocycles. The number of nitriles is 1. The van der Waals surface area contributed by atoms with Gasteiger partial charge in [0.2, 0.25) is 10.0 Å². The molecule has 0 saturated carbocycles. The molecule has 108 valence electrons. The fourth-order valence-electron chi connectivity index (χ4n) is 2.55. The second-order valence-electron chi connectivity index (χ2n) is 4.83. The maximum Gasteiger partial charge on any atom is 0.245 e. The Morgan fingerprint density at radius 3 is 2.90 bits per heavy atom. The second kappa shape index (κ2) is 5.22. The molecule has 1 unspecified atom stereocenters. The van der Waals surface area contributed by atoms with E-state index < -0.39 is 10.0 Å². The van der Waals surface area contributed by atoms with Crippen LogP contribution in [0.15, 0.2) is 34.7 Å². The molecule has 0 amide bonds. The first kappa shape index (κ1) is 14.2. The third kappa shape index (κ3) is 2.35. The van der Waals surface area contributed by atoms with Crippen molar-refractivity contribution in [3.63, 3.8) is 0 Å². The predicted molar refractivity (Wildman–Crippen MR) is 79.3 cm³/mol. The van der Waals surface area contributed by atoms with E-state index in [-0.39, 0.29) is 16.6 Å². The number of rotatable bonds is 2. The summed E-state index contributed by atoms with van der Waals surface area (Å²) in [5, 5.41) is 10.7. The normalized spacial score (nSPS) is 19.0. The van der Waals surface area contributed by atoms with Crippen LogP contribution in [-0.4, -0.2) is 24.3 Å². The summed E-state index contributed by atoms with van der Waals surface area (Å²) in [6.45, 7) is 2.37. The zero-order valence-corrected chi connectivity index (χ0v) is 13.0. The molecular weight excluding hydrogens is 306 g/mol. The highest BCUT2D eigenvalue weighted by atomic mass is 32.2. The topological polar surface area (TPSA) is 74.1 Å². The van der Waals surface area contributed by atoms with E-state index in [2.05, 4.69) is 4.98 Å². The molecule has 5 nitrogen and oxygen atoms in total. The second-order valence-corrected chi connectivity index (χ2v) is 7.72. The van der Waals surface area contributed by atoms with E-state index in [1.165, 1.54) is 27.5 Å². The lowest BCUT2D eigenvalue weighted by Gasteiger charge is -2.32. The Balaban J connectivity index is 1.97. The molecule has 7 heteroatoms. The number of fused-ring (bicyclic) bond motifs is 1. The van der Waals surface area contributed by atoms with Crippen LogP contribution >= 0.6 is 11.3 Å². The SMILES string of the molecule is CC1c2ccsc2CCN1S(=O)(=O)c1ccc(C#N)nc1. The lowest BCUT2D eigenvalue weighted by molar-refractivity contribution is 0.329. The Kier molecular flexibility index (Phi) is 3.53. The smallest absolute Gasteiger partial charge is 0.244 e. The van der Waals surface area contributed by atoms with Gasteiger partial charge in [-0.25, -0.2) is 13.4 Å². The summed E-state index contributed by atoms with van der Waals surface area (Å²) < 4.78 is 27.0. The van der Waals surface area contributed by atoms with Crippen LogP contribution < -0.4 is 0 Å². The average Bonchev–Trinajstić information content (AvgIpc) is 2.97. The van der Waals surface area contributed by atoms with Gasteiger partial charge < -0.3 is 0 Å². The number of aromatic nitrogens is 1. The van der Waals surface area contributed by atoms with Crippen LogP contribution in [0.4, 0.5) is 0 Å². The largest absolute Gasteiger partial charge is 0.245 e. The van der Waals surface area contributed by atoms with Crippen LogP contribution in [0, 0.1) is 11.3 Å². The standard InChI is InChI=1S/C14H13N3O2S2/c1-10-13-5-7-20-14(13)4-6-17(10)21(18,19)12-3-2-11(8-15)16-9-12/h2-3,5,7,9-10H,4,6H2,1H3. The minimum Gasteiger partial charge on any atom is -0.244 e. The Morgan fingerprint density at radius 1 is 1.43 bits per heavy atom. The zero-order chi connectivity index (χ0) is 15.0. The zero-order valence-electron chi connectivity index (χ0n) is 11.4. The van der Waals surface area contributed by atoms with E-state index in [1.807, 2.05) is 24.4 Å². The molecule has 0 aromatic carbocycles. The van der Waals surface area contributed by atoms with Crippen LogP contribution in [-0.2, 0) is 16.4 Å². The first-order valence-corrected chi connectivity index (χ1v) is 8.80. The molecule has 0 spiro atoms. The molecule has 2 aromatic heterocycles. The van der Waals surface area contributed by atoms with Gasteiger partial charge in [-0.2, -0.15) is 9.57 Å². The molecule has 0 N–H and O–H groups in total. The van der Waals surface area contributed by atoms with Gasteiger partial charge in [0.25, 0.3) is 0 Å². The molecule has 1 atom stereocenters. The van der Waals surface area contributed by atoms with Gasteiger partial charge in [-0.05, 0) is 42.5 Å². The van der Waals surface area contributed by atoms with Gasteiger partial charge >= 0.3 is 0 Å². The first-order valence-electron chi connectivity index (χ1n) is 6.48. The maximum absolute atomic E-state index is 12.7. The third-order valence-electron chi connectivity index (χ3n) is 3.68. The van der Waals surface area contributed by atoms with E-state index >= 15 is 0 Å². The van der Waals surface area contributed by atoms with E-state index in [0.29, 0.717) is 6.54 Å². The quantitative estimate of drug-likeness (QED) is 0.851. The minimum atomic E-state index is -3.59. The van der Waals surface area contributed by atoms with Gasteiger partial charge in [0.05, 0.1) is 0 Å². The van der Waals surface area contributed by atoms with Gasteiger partial charge in [0.15, 0.2) is 0 Å². The monoisotopic (exact) mass is 319 g/mol. The summed E-state index contributed by atoms with van der Waals surface area (Å²) in [5.41, 5.74) is 1.29.